The number of nitrogens with zero attached hydrogens (tertiary/aromatic N) is 2. The van der Waals surface area contributed by atoms with Crippen LogP contribution in [-0.4, -0.2) is 27.5 Å². The first-order valence-electron chi connectivity index (χ1n) is 6.80. The smallest absolute Gasteiger partial charge is 0.337 e. The van der Waals surface area contributed by atoms with Crippen LogP contribution >= 0.6 is 15.9 Å². The minimum Gasteiger partial charge on any atom is -0.478 e. The fourth-order valence-corrected chi connectivity index (χ4v) is 3.09. The van der Waals surface area contributed by atoms with Gasteiger partial charge in [-0.25, -0.2) is 4.79 Å². The maximum Gasteiger partial charge on any atom is 0.337 e. The number of benzene rings is 1. The molecular weight excluding hydrogens is 332 g/mol. The zero-order chi connectivity index (χ0) is 14.8. The van der Waals surface area contributed by atoms with Crippen molar-refractivity contribution in [3.05, 3.63) is 63.4 Å². The molecule has 0 bridgehead atoms. The van der Waals surface area contributed by atoms with Crippen molar-refractivity contribution >= 4 is 21.9 Å². The Morgan fingerprint density at radius 2 is 2.19 bits per heavy atom. The number of fused-ring (bicyclic) bond motifs is 1. The highest BCUT2D eigenvalue weighted by Gasteiger charge is 2.19. The van der Waals surface area contributed by atoms with E-state index in [0.717, 1.165) is 24.0 Å². The van der Waals surface area contributed by atoms with Gasteiger partial charge < -0.3 is 5.11 Å². The maximum atomic E-state index is 11.2. The van der Waals surface area contributed by atoms with Gasteiger partial charge in [0.05, 0.1) is 11.3 Å². The Hall–Kier alpha value is -1.72. The van der Waals surface area contributed by atoms with Gasteiger partial charge in [0, 0.05) is 30.3 Å². The number of carboxylic acids is 1. The van der Waals surface area contributed by atoms with Gasteiger partial charge in [-0.15, -0.1) is 0 Å². The molecule has 1 aromatic carbocycles. The van der Waals surface area contributed by atoms with Gasteiger partial charge in [-0.1, -0.05) is 22.0 Å². The molecule has 0 unspecified atom stereocenters. The van der Waals surface area contributed by atoms with Gasteiger partial charge in [0.25, 0.3) is 0 Å². The van der Waals surface area contributed by atoms with Crippen molar-refractivity contribution in [1.29, 1.82) is 0 Å². The number of carbonyl (C=O) groups is 1. The number of pyridine rings is 1. The van der Waals surface area contributed by atoms with Crippen molar-refractivity contribution in [3.8, 4) is 0 Å². The second-order valence-electron chi connectivity index (χ2n) is 5.18. The van der Waals surface area contributed by atoms with E-state index in [-0.39, 0.29) is 0 Å². The quantitative estimate of drug-likeness (QED) is 0.927. The molecule has 0 spiro atoms. The molecule has 21 heavy (non-hydrogen) atoms. The average Bonchev–Trinajstić information content (AvgIpc) is 2.48. The molecule has 0 saturated carbocycles. The van der Waals surface area contributed by atoms with E-state index in [1.165, 1.54) is 11.1 Å². The highest BCUT2D eigenvalue weighted by Crippen LogP contribution is 2.24. The summed E-state index contributed by atoms with van der Waals surface area (Å²) in [5.41, 5.74) is 3.59. The first-order chi connectivity index (χ1) is 10.1. The van der Waals surface area contributed by atoms with Crippen LogP contribution in [0.2, 0.25) is 0 Å². The van der Waals surface area contributed by atoms with E-state index in [1.807, 2.05) is 6.07 Å². The van der Waals surface area contributed by atoms with Crippen molar-refractivity contribution in [1.82, 2.24) is 9.88 Å². The van der Waals surface area contributed by atoms with Crippen molar-refractivity contribution in [3.63, 3.8) is 0 Å². The summed E-state index contributed by atoms with van der Waals surface area (Å²) in [6, 6.07) is 9.61. The number of carboxylic acid groups (broad SMARTS) is 1. The average molecular weight is 347 g/mol. The van der Waals surface area contributed by atoms with Crippen molar-refractivity contribution in [2.24, 2.45) is 0 Å². The zero-order valence-corrected chi connectivity index (χ0v) is 13.0. The molecule has 0 saturated heterocycles. The third kappa shape index (κ3) is 3.14. The third-order valence-corrected chi connectivity index (χ3v) is 4.25. The summed E-state index contributed by atoms with van der Waals surface area (Å²) in [4.78, 5) is 17.7. The molecule has 1 aliphatic rings. The van der Waals surface area contributed by atoms with Gasteiger partial charge in [-0.05, 0) is 41.8 Å². The first kappa shape index (κ1) is 14.2. The molecule has 2 heterocycles. The van der Waals surface area contributed by atoms with Crippen LogP contribution in [-0.2, 0) is 19.5 Å². The largest absolute Gasteiger partial charge is 0.478 e. The standard InChI is InChI=1S/C16H15BrN2O2/c17-13-4-3-12-9-19(7-5-11(12)8-13)10-15-14(16(20)21)2-1-6-18-15/h1-4,6,8H,5,7,9-10H2,(H,20,21). The molecule has 3 rings (SSSR count). The van der Waals surface area contributed by atoms with E-state index in [2.05, 4.69) is 37.9 Å². The minimum atomic E-state index is -0.917. The van der Waals surface area contributed by atoms with E-state index in [9.17, 15) is 9.90 Å². The van der Waals surface area contributed by atoms with Gasteiger partial charge >= 0.3 is 5.97 Å². The van der Waals surface area contributed by atoms with Crippen LogP contribution in [0.3, 0.4) is 0 Å². The summed E-state index contributed by atoms with van der Waals surface area (Å²) in [5, 5.41) is 9.22. The van der Waals surface area contributed by atoms with Crippen molar-refractivity contribution in [2.45, 2.75) is 19.5 Å². The lowest BCUT2D eigenvalue weighted by atomic mass is 9.99. The van der Waals surface area contributed by atoms with Gasteiger partial charge in [-0.3, -0.25) is 9.88 Å². The molecule has 2 aromatic rings. The predicted molar refractivity (Wildman–Crippen MR) is 83.2 cm³/mol. The summed E-state index contributed by atoms with van der Waals surface area (Å²) in [6.07, 6.45) is 2.63. The lowest BCUT2D eigenvalue weighted by Crippen LogP contribution is -2.31. The molecule has 1 aliphatic heterocycles. The van der Waals surface area contributed by atoms with Crippen molar-refractivity contribution in [2.75, 3.05) is 6.54 Å². The van der Waals surface area contributed by atoms with Gasteiger partial charge in [0.2, 0.25) is 0 Å². The summed E-state index contributed by atoms with van der Waals surface area (Å²) < 4.78 is 1.10. The predicted octanol–water partition coefficient (Wildman–Crippen LogP) is 3.10. The van der Waals surface area contributed by atoms with Crippen LogP contribution in [0.1, 0.15) is 27.2 Å². The SMILES string of the molecule is O=C(O)c1cccnc1CN1CCc2cc(Br)ccc2C1. The molecule has 0 aliphatic carbocycles. The fourth-order valence-electron chi connectivity index (χ4n) is 2.69. The Morgan fingerprint density at radius 3 is 3.00 bits per heavy atom. The zero-order valence-electron chi connectivity index (χ0n) is 11.4. The van der Waals surface area contributed by atoms with Gasteiger partial charge in [0.15, 0.2) is 0 Å². The van der Waals surface area contributed by atoms with Crippen LogP contribution in [0.5, 0.6) is 0 Å². The number of aromatic carboxylic acids is 1. The minimum absolute atomic E-state index is 0.291. The molecule has 1 aromatic heterocycles. The third-order valence-electron chi connectivity index (χ3n) is 3.75. The van der Waals surface area contributed by atoms with Gasteiger partial charge in [-0.2, -0.15) is 0 Å². The fraction of sp³-hybridized carbons (Fsp3) is 0.250. The highest BCUT2D eigenvalue weighted by atomic mass is 79.9. The normalized spacial score (nSPS) is 14.7. The molecule has 1 N–H and O–H groups in total. The van der Waals surface area contributed by atoms with Gasteiger partial charge in [0.1, 0.15) is 0 Å². The maximum absolute atomic E-state index is 11.2. The lowest BCUT2D eigenvalue weighted by Gasteiger charge is -2.28. The number of aromatic nitrogens is 1. The van der Waals surface area contributed by atoms with E-state index in [0.29, 0.717) is 17.8 Å². The number of hydrogen-bond acceptors (Lipinski definition) is 3. The summed E-state index contributed by atoms with van der Waals surface area (Å²) in [7, 11) is 0. The van der Waals surface area contributed by atoms with E-state index in [4.69, 9.17) is 0 Å². The van der Waals surface area contributed by atoms with Crippen molar-refractivity contribution < 1.29 is 9.90 Å². The number of hydrogen-bond donors (Lipinski definition) is 1. The summed E-state index contributed by atoms with van der Waals surface area (Å²) >= 11 is 3.50. The highest BCUT2D eigenvalue weighted by molar-refractivity contribution is 9.10. The summed E-state index contributed by atoms with van der Waals surface area (Å²) in [6.45, 7) is 2.31. The Bertz CT molecular complexity index is 688. The molecular formula is C16H15BrN2O2. The number of halogens is 1. The second-order valence-corrected chi connectivity index (χ2v) is 6.09. The Labute approximate surface area is 131 Å². The van der Waals surface area contributed by atoms with E-state index < -0.39 is 5.97 Å². The molecule has 0 amide bonds. The van der Waals surface area contributed by atoms with Crippen LogP contribution in [0.4, 0.5) is 0 Å². The Morgan fingerprint density at radius 1 is 1.33 bits per heavy atom. The van der Waals surface area contributed by atoms with E-state index >= 15 is 0 Å². The molecule has 108 valence electrons. The molecule has 4 nitrogen and oxygen atoms in total. The van der Waals surface area contributed by atoms with Crippen LogP contribution < -0.4 is 0 Å². The Balaban J connectivity index is 1.79. The van der Waals surface area contributed by atoms with Crippen LogP contribution in [0, 0.1) is 0 Å². The molecule has 0 atom stereocenters. The first-order valence-corrected chi connectivity index (χ1v) is 7.59. The number of rotatable bonds is 3. The molecule has 0 fully saturated rings. The molecule has 0 radical (unpaired) electrons. The van der Waals surface area contributed by atoms with E-state index in [1.54, 1.807) is 18.3 Å². The van der Waals surface area contributed by atoms with Crippen LogP contribution in [0.15, 0.2) is 41.0 Å². The molecule has 5 heteroatoms. The Kier molecular flexibility index (Phi) is 4.03. The lowest BCUT2D eigenvalue weighted by molar-refractivity contribution is 0.0693. The topological polar surface area (TPSA) is 53.4 Å². The van der Waals surface area contributed by atoms with Crippen LogP contribution in [0.25, 0.3) is 0 Å². The second kappa shape index (κ2) is 5.95. The summed E-state index contributed by atoms with van der Waals surface area (Å²) in [5.74, 6) is -0.917. The monoisotopic (exact) mass is 346 g/mol.